The average molecular weight is 168 g/mol. The maximum atomic E-state index is 10.9. The monoisotopic (exact) mass is 168 g/mol. The predicted molar refractivity (Wildman–Crippen MR) is 42.6 cm³/mol. The summed E-state index contributed by atoms with van der Waals surface area (Å²) in [7, 11) is 0. The summed E-state index contributed by atoms with van der Waals surface area (Å²) in [6.07, 6.45) is 3.40. The van der Waals surface area contributed by atoms with E-state index in [1.165, 1.54) is 6.08 Å². The summed E-state index contributed by atoms with van der Waals surface area (Å²) in [5.74, 6) is -0.314. The first-order chi connectivity index (χ1) is 5.77. The highest BCUT2D eigenvalue weighted by Crippen LogP contribution is 2.48. The lowest BCUT2D eigenvalue weighted by molar-refractivity contribution is -0.232. The van der Waals surface area contributed by atoms with E-state index < -0.39 is 0 Å². The summed E-state index contributed by atoms with van der Waals surface area (Å²) in [5.41, 5.74) is 0.179. The van der Waals surface area contributed by atoms with Crippen LogP contribution in [0.4, 0.5) is 0 Å². The molecule has 66 valence electrons. The molecule has 0 amide bonds. The Hall–Kier alpha value is -0.830. The van der Waals surface area contributed by atoms with Crippen LogP contribution in [0.2, 0.25) is 0 Å². The molecule has 0 aromatic carbocycles. The van der Waals surface area contributed by atoms with Crippen molar-refractivity contribution in [2.75, 3.05) is 13.2 Å². The molecule has 1 saturated heterocycles. The van der Waals surface area contributed by atoms with Crippen LogP contribution in [0, 0.1) is 5.41 Å². The highest BCUT2D eigenvalue weighted by Gasteiger charge is 2.54. The molecule has 0 aromatic heterocycles. The van der Waals surface area contributed by atoms with Crippen molar-refractivity contribution in [2.45, 2.75) is 18.9 Å². The average Bonchev–Trinajstić information content (AvgIpc) is 1.94. The lowest BCUT2D eigenvalue weighted by Gasteiger charge is -2.53. The summed E-state index contributed by atoms with van der Waals surface area (Å²) < 4.78 is 10.3. The molecule has 1 saturated carbocycles. The molecule has 1 unspecified atom stereocenters. The van der Waals surface area contributed by atoms with Crippen LogP contribution >= 0.6 is 0 Å². The van der Waals surface area contributed by atoms with Gasteiger partial charge in [0, 0.05) is 6.08 Å². The summed E-state index contributed by atoms with van der Waals surface area (Å²) in [6.45, 7) is 4.86. The Kier molecular flexibility index (Phi) is 1.68. The minimum Gasteiger partial charge on any atom is -0.458 e. The summed E-state index contributed by atoms with van der Waals surface area (Å²) in [4.78, 5) is 10.9. The van der Waals surface area contributed by atoms with E-state index in [0.717, 1.165) is 26.1 Å². The molecule has 0 aromatic rings. The Labute approximate surface area is 71.3 Å². The van der Waals surface area contributed by atoms with Crippen LogP contribution in [0.25, 0.3) is 0 Å². The molecule has 1 spiro atoms. The molecular formula is C9H12O3. The number of carbonyl (C=O) groups is 1. The molecule has 1 aliphatic heterocycles. The summed E-state index contributed by atoms with van der Waals surface area (Å²) >= 11 is 0. The maximum Gasteiger partial charge on any atom is 0.330 e. The molecule has 2 aliphatic rings. The first-order valence-electron chi connectivity index (χ1n) is 4.18. The molecule has 0 bridgehead atoms. The first-order valence-corrected chi connectivity index (χ1v) is 4.18. The van der Waals surface area contributed by atoms with Crippen molar-refractivity contribution in [1.82, 2.24) is 0 Å². The smallest absolute Gasteiger partial charge is 0.330 e. The van der Waals surface area contributed by atoms with Gasteiger partial charge in [0.25, 0.3) is 0 Å². The lowest BCUT2D eigenvalue weighted by Crippen LogP contribution is -2.59. The van der Waals surface area contributed by atoms with Crippen LogP contribution in [-0.2, 0) is 14.3 Å². The standard InChI is InChI=1S/C9H12O3/c1-2-8(10)12-7-3-4-9(7)5-11-6-9/h2,7H,1,3-6H2. The van der Waals surface area contributed by atoms with E-state index in [1.54, 1.807) is 0 Å². The van der Waals surface area contributed by atoms with Gasteiger partial charge in [-0.15, -0.1) is 0 Å². The second-order valence-electron chi connectivity index (χ2n) is 3.52. The molecule has 1 aliphatic carbocycles. The van der Waals surface area contributed by atoms with E-state index in [2.05, 4.69) is 6.58 Å². The van der Waals surface area contributed by atoms with Crippen molar-refractivity contribution < 1.29 is 14.3 Å². The Balaban J connectivity index is 1.89. The molecule has 12 heavy (non-hydrogen) atoms. The van der Waals surface area contributed by atoms with Crippen LogP contribution in [0.3, 0.4) is 0 Å². The molecule has 1 heterocycles. The second-order valence-corrected chi connectivity index (χ2v) is 3.52. The first kappa shape index (κ1) is 7.80. The van der Waals surface area contributed by atoms with Gasteiger partial charge in [0.15, 0.2) is 0 Å². The van der Waals surface area contributed by atoms with Crippen molar-refractivity contribution in [3.63, 3.8) is 0 Å². The van der Waals surface area contributed by atoms with Crippen molar-refractivity contribution in [2.24, 2.45) is 5.41 Å². The SMILES string of the molecule is C=CC(=O)OC1CCC12COC2. The van der Waals surface area contributed by atoms with Crippen molar-refractivity contribution in [3.8, 4) is 0 Å². The fourth-order valence-corrected chi connectivity index (χ4v) is 1.74. The largest absolute Gasteiger partial charge is 0.458 e. The zero-order valence-corrected chi connectivity index (χ0v) is 6.91. The van der Waals surface area contributed by atoms with Crippen molar-refractivity contribution >= 4 is 5.97 Å². The van der Waals surface area contributed by atoms with Gasteiger partial charge < -0.3 is 9.47 Å². The molecule has 0 radical (unpaired) electrons. The van der Waals surface area contributed by atoms with Crippen LogP contribution in [0.15, 0.2) is 12.7 Å². The fraction of sp³-hybridized carbons (Fsp3) is 0.667. The van der Waals surface area contributed by atoms with Crippen LogP contribution in [0.5, 0.6) is 0 Å². The molecular weight excluding hydrogens is 156 g/mol. The topological polar surface area (TPSA) is 35.5 Å². The van der Waals surface area contributed by atoms with Gasteiger partial charge in [-0.05, 0) is 12.8 Å². The Morgan fingerprint density at radius 2 is 2.42 bits per heavy atom. The zero-order valence-electron chi connectivity index (χ0n) is 6.91. The van der Waals surface area contributed by atoms with E-state index in [-0.39, 0.29) is 17.5 Å². The van der Waals surface area contributed by atoms with E-state index in [4.69, 9.17) is 9.47 Å². The molecule has 3 heteroatoms. The second kappa shape index (κ2) is 2.59. The Bertz CT molecular complexity index is 212. The molecule has 1 atom stereocenters. The third-order valence-corrected chi connectivity index (χ3v) is 2.79. The van der Waals surface area contributed by atoms with Gasteiger partial charge in [-0.1, -0.05) is 6.58 Å². The molecule has 3 nitrogen and oxygen atoms in total. The number of esters is 1. The quantitative estimate of drug-likeness (QED) is 0.454. The summed E-state index contributed by atoms with van der Waals surface area (Å²) in [6, 6.07) is 0. The van der Waals surface area contributed by atoms with E-state index >= 15 is 0 Å². The number of rotatable bonds is 2. The van der Waals surface area contributed by atoms with Gasteiger partial charge in [0.2, 0.25) is 0 Å². The van der Waals surface area contributed by atoms with Gasteiger partial charge in [-0.3, -0.25) is 0 Å². The Morgan fingerprint density at radius 3 is 2.75 bits per heavy atom. The zero-order chi connectivity index (χ0) is 8.60. The number of hydrogen-bond donors (Lipinski definition) is 0. The van der Waals surface area contributed by atoms with Crippen molar-refractivity contribution in [3.05, 3.63) is 12.7 Å². The Morgan fingerprint density at radius 1 is 1.67 bits per heavy atom. The van der Waals surface area contributed by atoms with Crippen molar-refractivity contribution in [1.29, 1.82) is 0 Å². The van der Waals surface area contributed by atoms with Gasteiger partial charge in [0.05, 0.1) is 18.6 Å². The molecule has 0 N–H and O–H groups in total. The highest BCUT2D eigenvalue weighted by atomic mass is 16.6. The third kappa shape index (κ3) is 0.966. The number of hydrogen-bond acceptors (Lipinski definition) is 3. The number of ether oxygens (including phenoxy) is 2. The minimum absolute atomic E-state index is 0.0803. The van der Waals surface area contributed by atoms with Crippen LogP contribution in [0.1, 0.15) is 12.8 Å². The van der Waals surface area contributed by atoms with Crippen LogP contribution < -0.4 is 0 Å². The van der Waals surface area contributed by atoms with E-state index in [9.17, 15) is 4.79 Å². The lowest BCUT2D eigenvalue weighted by atomic mass is 9.64. The highest BCUT2D eigenvalue weighted by molar-refractivity contribution is 5.81. The number of carbonyl (C=O) groups excluding carboxylic acids is 1. The maximum absolute atomic E-state index is 10.9. The third-order valence-electron chi connectivity index (χ3n) is 2.79. The molecule has 2 rings (SSSR count). The van der Waals surface area contributed by atoms with E-state index in [1.807, 2.05) is 0 Å². The van der Waals surface area contributed by atoms with Gasteiger partial charge >= 0.3 is 5.97 Å². The minimum atomic E-state index is -0.314. The molecule has 2 fully saturated rings. The van der Waals surface area contributed by atoms with E-state index in [0.29, 0.717) is 0 Å². The fourth-order valence-electron chi connectivity index (χ4n) is 1.74. The van der Waals surface area contributed by atoms with Gasteiger partial charge in [-0.2, -0.15) is 0 Å². The predicted octanol–water partition coefficient (Wildman–Crippen LogP) is 0.895. The summed E-state index contributed by atoms with van der Waals surface area (Å²) in [5, 5.41) is 0. The van der Waals surface area contributed by atoms with Crippen LogP contribution in [-0.4, -0.2) is 25.3 Å². The van der Waals surface area contributed by atoms with Gasteiger partial charge in [-0.25, -0.2) is 4.79 Å². The normalized spacial score (nSPS) is 30.2. The van der Waals surface area contributed by atoms with Gasteiger partial charge in [0.1, 0.15) is 6.10 Å².